The predicted octanol–water partition coefficient (Wildman–Crippen LogP) is 4.05. The molecule has 0 aliphatic carbocycles. The van der Waals surface area contributed by atoms with Crippen LogP contribution in [-0.2, 0) is 0 Å². The highest BCUT2D eigenvalue weighted by molar-refractivity contribution is 6.31. The first kappa shape index (κ1) is 22.0. The van der Waals surface area contributed by atoms with Crippen LogP contribution >= 0.6 is 11.6 Å². The van der Waals surface area contributed by atoms with E-state index >= 15 is 0 Å². The Morgan fingerprint density at radius 2 is 2.09 bits per heavy atom. The topological polar surface area (TPSA) is 112 Å². The molecule has 174 valence electrons. The first-order valence-electron chi connectivity index (χ1n) is 11.0. The Bertz CT molecular complexity index is 1320. The lowest BCUT2D eigenvalue weighted by atomic mass is 10.1. The van der Waals surface area contributed by atoms with E-state index in [1.54, 1.807) is 35.6 Å². The lowest BCUT2D eigenvalue weighted by Crippen LogP contribution is -2.32. The molecule has 3 aromatic heterocycles. The molecule has 1 unspecified atom stereocenters. The predicted molar refractivity (Wildman–Crippen MR) is 123 cm³/mol. The van der Waals surface area contributed by atoms with Gasteiger partial charge in [0, 0.05) is 17.8 Å². The molecule has 11 heteroatoms. The van der Waals surface area contributed by atoms with Gasteiger partial charge in [0.25, 0.3) is 11.8 Å². The average molecular weight is 480 g/mol. The Hall–Kier alpha value is -3.79. The number of carbonyl (C=O) groups excluding carboxylic acids is 1. The van der Waals surface area contributed by atoms with E-state index in [4.69, 9.17) is 20.9 Å². The van der Waals surface area contributed by atoms with Crippen molar-refractivity contribution in [1.29, 1.82) is 0 Å². The molecule has 5 rings (SSSR count). The smallest absolute Gasteiger partial charge is 0.263 e. The van der Waals surface area contributed by atoms with Crippen LogP contribution in [0.15, 0.2) is 47.4 Å². The number of likely N-dealkylation sites (tertiary alicyclic amines) is 1. The van der Waals surface area contributed by atoms with E-state index in [0.29, 0.717) is 59.0 Å². The molecule has 0 bridgehead atoms. The molecule has 1 aliphatic heterocycles. The average Bonchev–Trinajstić information content (AvgIpc) is 3.61. The van der Waals surface area contributed by atoms with Crippen LogP contribution in [-0.4, -0.2) is 54.1 Å². The molecule has 1 aliphatic rings. The molecule has 34 heavy (non-hydrogen) atoms. The third-order valence-electron chi connectivity index (χ3n) is 5.68. The van der Waals surface area contributed by atoms with Crippen molar-refractivity contribution in [3.8, 4) is 23.0 Å². The number of nitrogens with zero attached hydrogens (tertiary/aromatic N) is 7. The standard InChI is InChI=1S/C23H22ClN7O3/c1-3-33-21-15(6-4-8-25-21)22-28-20(29-34-22)18-7-5-11-30(18)23(32)16-13-17(24)14(2)12-19(16)31-26-9-10-27-31/h4,6,8-10,12-13,18H,3,5,7,11H2,1-2H3. The van der Waals surface area contributed by atoms with E-state index in [-0.39, 0.29) is 11.9 Å². The van der Waals surface area contributed by atoms with Crippen LogP contribution in [0.2, 0.25) is 5.02 Å². The van der Waals surface area contributed by atoms with Gasteiger partial charge in [-0.1, -0.05) is 16.8 Å². The molecular weight excluding hydrogens is 458 g/mol. The molecule has 0 saturated carbocycles. The minimum absolute atomic E-state index is 0.195. The molecule has 1 aromatic carbocycles. The Morgan fingerprint density at radius 3 is 2.88 bits per heavy atom. The van der Waals surface area contributed by atoms with Crippen LogP contribution in [0.3, 0.4) is 0 Å². The molecule has 1 atom stereocenters. The second-order valence-corrected chi connectivity index (χ2v) is 8.25. The number of benzene rings is 1. The fraction of sp³-hybridized carbons (Fsp3) is 0.304. The highest BCUT2D eigenvalue weighted by Gasteiger charge is 2.35. The highest BCUT2D eigenvalue weighted by atomic mass is 35.5. The van der Waals surface area contributed by atoms with Gasteiger partial charge < -0.3 is 14.2 Å². The van der Waals surface area contributed by atoms with Gasteiger partial charge in [0.2, 0.25) is 5.88 Å². The van der Waals surface area contributed by atoms with E-state index in [2.05, 4.69) is 25.3 Å². The molecule has 4 heterocycles. The van der Waals surface area contributed by atoms with Gasteiger partial charge in [-0.3, -0.25) is 4.79 Å². The van der Waals surface area contributed by atoms with E-state index in [1.165, 1.54) is 4.80 Å². The third-order valence-corrected chi connectivity index (χ3v) is 6.08. The molecule has 0 N–H and O–H groups in total. The van der Waals surface area contributed by atoms with Crippen molar-refractivity contribution in [2.45, 2.75) is 32.7 Å². The monoisotopic (exact) mass is 479 g/mol. The molecule has 1 saturated heterocycles. The van der Waals surface area contributed by atoms with Crippen LogP contribution in [0.1, 0.15) is 47.6 Å². The number of ether oxygens (including phenoxy) is 1. The molecule has 10 nitrogen and oxygen atoms in total. The SMILES string of the molecule is CCOc1ncccc1-c1nc(C2CCCN2C(=O)c2cc(Cl)c(C)cc2-n2nccn2)no1. The first-order chi connectivity index (χ1) is 16.6. The van der Waals surface area contributed by atoms with E-state index in [0.717, 1.165) is 12.0 Å². The van der Waals surface area contributed by atoms with Gasteiger partial charge in [0.15, 0.2) is 5.82 Å². The van der Waals surface area contributed by atoms with Gasteiger partial charge >= 0.3 is 0 Å². The summed E-state index contributed by atoms with van der Waals surface area (Å²) in [7, 11) is 0. The maximum absolute atomic E-state index is 13.7. The Kier molecular flexibility index (Phi) is 5.97. The summed E-state index contributed by atoms with van der Waals surface area (Å²) in [4.78, 5) is 25.7. The van der Waals surface area contributed by atoms with E-state index in [1.807, 2.05) is 26.0 Å². The summed E-state index contributed by atoms with van der Waals surface area (Å²) in [5.74, 6) is 0.958. The van der Waals surface area contributed by atoms with Crippen LogP contribution in [0.25, 0.3) is 17.1 Å². The number of hydrogen-bond acceptors (Lipinski definition) is 8. The summed E-state index contributed by atoms with van der Waals surface area (Å²) in [6, 6.07) is 6.73. The van der Waals surface area contributed by atoms with Crippen LogP contribution in [0.5, 0.6) is 5.88 Å². The van der Waals surface area contributed by atoms with Gasteiger partial charge in [-0.15, -0.1) is 0 Å². The summed E-state index contributed by atoms with van der Waals surface area (Å²) in [5, 5.41) is 13.1. The molecule has 1 fully saturated rings. The third kappa shape index (κ3) is 4.01. The van der Waals surface area contributed by atoms with E-state index < -0.39 is 0 Å². The maximum Gasteiger partial charge on any atom is 0.263 e. The quantitative estimate of drug-likeness (QED) is 0.407. The van der Waals surface area contributed by atoms with Crippen molar-refractivity contribution in [2.75, 3.05) is 13.2 Å². The van der Waals surface area contributed by atoms with Gasteiger partial charge in [0.1, 0.15) is 5.56 Å². The lowest BCUT2D eigenvalue weighted by Gasteiger charge is -2.23. The Labute approximate surface area is 200 Å². The zero-order valence-corrected chi connectivity index (χ0v) is 19.4. The summed E-state index contributed by atoms with van der Waals surface area (Å²) in [6.45, 7) is 4.77. The zero-order chi connectivity index (χ0) is 23.7. The van der Waals surface area contributed by atoms with Crippen molar-refractivity contribution >= 4 is 17.5 Å². The summed E-state index contributed by atoms with van der Waals surface area (Å²) in [6.07, 6.45) is 6.29. The maximum atomic E-state index is 13.7. The molecule has 0 spiro atoms. The fourth-order valence-corrected chi connectivity index (χ4v) is 4.22. The van der Waals surface area contributed by atoms with Crippen LogP contribution in [0.4, 0.5) is 0 Å². The fourth-order valence-electron chi connectivity index (χ4n) is 4.06. The largest absolute Gasteiger partial charge is 0.477 e. The minimum atomic E-state index is -0.337. The van der Waals surface area contributed by atoms with Crippen molar-refractivity contribution in [2.24, 2.45) is 0 Å². The van der Waals surface area contributed by atoms with Crippen molar-refractivity contribution in [1.82, 2.24) is 35.0 Å². The van der Waals surface area contributed by atoms with E-state index in [9.17, 15) is 4.79 Å². The lowest BCUT2D eigenvalue weighted by molar-refractivity contribution is 0.0728. The normalized spacial score (nSPS) is 15.6. The van der Waals surface area contributed by atoms with Crippen molar-refractivity contribution in [3.63, 3.8) is 0 Å². The van der Waals surface area contributed by atoms with Crippen molar-refractivity contribution < 1.29 is 14.1 Å². The zero-order valence-electron chi connectivity index (χ0n) is 18.7. The second-order valence-electron chi connectivity index (χ2n) is 7.84. The summed E-state index contributed by atoms with van der Waals surface area (Å²) in [5.41, 5.74) is 2.41. The second kappa shape index (κ2) is 9.22. The number of hydrogen-bond donors (Lipinski definition) is 0. The first-order valence-corrected chi connectivity index (χ1v) is 11.3. The van der Waals surface area contributed by atoms with Gasteiger partial charge in [-0.25, -0.2) is 4.98 Å². The number of aryl methyl sites for hydroxylation is 1. The minimum Gasteiger partial charge on any atom is -0.477 e. The number of rotatable bonds is 6. The van der Waals surface area contributed by atoms with Gasteiger partial charge in [-0.2, -0.15) is 20.0 Å². The number of halogens is 1. The number of amides is 1. The molecule has 4 aromatic rings. The summed E-state index contributed by atoms with van der Waals surface area (Å²) < 4.78 is 11.1. The summed E-state index contributed by atoms with van der Waals surface area (Å²) >= 11 is 6.38. The van der Waals surface area contributed by atoms with Crippen LogP contribution in [0, 0.1) is 6.92 Å². The number of pyridine rings is 1. The highest BCUT2D eigenvalue weighted by Crippen LogP contribution is 2.35. The molecule has 0 radical (unpaired) electrons. The van der Waals surface area contributed by atoms with Gasteiger partial charge in [-0.05, 0) is 56.5 Å². The number of carbonyl (C=O) groups is 1. The Balaban J connectivity index is 1.48. The molecular formula is C23H22ClN7O3. The van der Waals surface area contributed by atoms with Gasteiger partial charge in [0.05, 0.1) is 36.3 Å². The Morgan fingerprint density at radius 1 is 1.26 bits per heavy atom. The van der Waals surface area contributed by atoms with Crippen molar-refractivity contribution in [3.05, 3.63) is 64.8 Å². The molecule has 1 amide bonds. The van der Waals surface area contributed by atoms with Crippen LogP contribution < -0.4 is 4.74 Å². The number of aromatic nitrogens is 6.